The van der Waals surface area contributed by atoms with Crippen molar-refractivity contribution in [3.8, 4) is 0 Å². The highest BCUT2D eigenvalue weighted by atomic mass is 15.2. The molecule has 0 radical (unpaired) electrons. The highest BCUT2D eigenvalue weighted by Crippen LogP contribution is 2.44. The van der Waals surface area contributed by atoms with E-state index in [-0.39, 0.29) is 11.0 Å². The third-order valence-corrected chi connectivity index (χ3v) is 9.40. The van der Waals surface area contributed by atoms with E-state index in [0.717, 1.165) is 22.7 Å². The molecule has 0 amide bonds. The Kier molecular flexibility index (Phi) is 7.82. The number of nitrogens with zero attached hydrogens (tertiary/aromatic N) is 2. The van der Waals surface area contributed by atoms with Crippen molar-refractivity contribution in [2.75, 3.05) is 9.80 Å². The predicted molar refractivity (Wildman–Crippen MR) is 203 cm³/mol. The van der Waals surface area contributed by atoms with E-state index in [0.29, 0.717) is 0 Å². The van der Waals surface area contributed by atoms with Crippen LogP contribution in [0.2, 0.25) is 0 Å². The number of hydrogen-bond donors (Lipinski definition) is 0. The summed E-state index contributed by atoms with van der Waals surface area (Å²) in [5, 5.41) is 4.93. The quantitative estimate of drug-likeness (QED) is 0.177. The minimum Gasteiger partial charge on any atom is -0.331 e. The Morgan fingerprint density at radius 1 is 0.383 bits per heavy atom. The molecule has 0 heterocycles. The normalized spacial score (nSPS) is 11.9. The van der Waals surface area contributed by atoms with Crippen LogP contribution in [0.1, 0.15) is 45.7 Å². The third kappa shape index (κ3) is 5.88. The maximum absolute atomic E-state index is 2.51. The Morgan fingerprint density at radius 3 is 1.62 bits per heavy atom. The van der Waals surface area contributed by atoms with Gasteiger partial charge in [0, 0.05) is 33.8 Å². The van der Waals surface area contributed by atoms with Gasteiger partial charge in [-0.3, -0.25) is 0 Å². The van der Waals surface area contributed by atoms with Crippen LogP contribution in [0.25, 0.3) is 21.5 Å². The molecule has 0 aliphatic rings. The van der Waals surface area contributed by atoms with Gasteiger partial charge in [0.2, 0.25) is 0 Å². The summed E-state index contributed by atoms with van der Waals surface area (Å²) in [5.74, 6) is 0. The summed E-state index contributed by atoms with van der Waals surface area (Å²) in [7, 11) is 0. The Bertz CT molecular complexity index is 2130. The van der Waals surface area contributed by atoms with Crippen LogP contribution in [0.4, 0.5) is 28.4 Å². The van der Waals surface area contributed by atoms with Crippen LogP contribution >= 0.6 is 0 Å². The monoisotopic (exact) mass is 610 g/mol. The molecule has 2 heteroatoms. The molecule has 0 aliphatic carbocycles. The molecule has 47 heavy (non-hydrogen) atoms. The highest BCUT2D eigenvalue weighted by Gasteiger charge is 2.32. The van der Waals surface area contributed by atoms with Crippen molar-refractivity contribution in [2.24, 2.45) is 0 Å². The SMILES string of the molecule is CC(C)(C)c1ccc(C(C)(C)N(c2ccc(N(c3ccccc3)c3ccc4ccccc4c3)cc2)c2cccc3ccccc23)cc1. The second kappa shape index (κ2) is 12.1. The number of anilines is 5. The van der Waals surface area contributed by atoms with Gasteiger partial charge in [0.25, 0.3) is 0 Å². The van der Waals surface area contributed by atoms with Crippen molar-refractivity contribution < 1.29 is 0 Å². The summed E-state index contributed by atoms with van der Waals surface area (Å²) in [4.78, 5) is 4.85. The van der Waals surface area contributed by atoms with Gasteiger partial charge >= 0.3 is 0 Å². The topological polar surface area (TPSA) is 6.48 Å². The van der Waals surface area contributed by atoms with Gasteiger partial charge in [0.15, 0.2) is 0 Å². The molecule has 0 unspecified atom stereocenters. The molecule has 7 aromatic carbocycles. The van der Waals surface area contributed by atoms with E-state index in [1.54, 1.807) is 0 Å². The number of hydrogen-bond acceptors (Lipinski definition) is 2. The molecule has 7 rings (SSSR count). The molecule has 0 bridgehead atoms. The fourth-order valence-electron chi connectivity index (χ4n) is 6.76. The smallest absolute Gasteiger partial charge is 0.0646 e. The molecule has 0 fully saturated rings. The van der Waals surface area contributed by atoms with Crippen LogP contribution in [0.15, 0.2) is 164 Å². The second-order valence-electron chi connectivity index (χ2n) is 13.9. The van der Waals surface area contributed by atoms with Crippen molar-refractivity contribution in [1.29, 1.82) is 0 Å². The Hall–Kier alpha value is -5.34. The first kappa shape index (κ1) is 30.3. The first-order valence-electron chi connectivity index (χ1n) is 16.5. The highest BCUT2D eigenvalue weighted by molar-refractivity contribution is 5.97. The summed E-state index contributed by atoms with van der Waals surface area (Å²) in [5.41, 5.74) is 8.06. The molecular formula is C45H42N2. The number of fused-ring (bicyclic) bond motifs is 2. The molecule has 0 saturated heterocycles. The summed E-state index contributed by atoms with van der Waals surface area (Å²) in [6.07, 6.45) is 0. The van der Waals surface area contributed by atoms with Crippen LogP contribution in [0.5, 0.6) is 0 Å². The minimum absolute atomic E-state index is 0.101. The minimum atomic E-state index is -0.348. The van der Waals surface area contributed by atoms with E-state index in [9.17, 15) is 0 Å². The van der Waals surface area contributed by atoms with Gasteiger partial charge in [0.05, 0.1) is 5.54 Å². The first-order valence-corrected chi connectivity index (χ1v) is 16.5. The van der Waals surface area contributed by atoms with Crippen molar-refractivity contribution >= 4 is 50.0 Å². The molecule has 0 atom stereocenters. The molecule has 0 spiro atoms. The average Bonchev–Trinajstić information content (AvgIpc) is 3.09. The summed E-state index contributed by atoms with van der Waals surface area (Å²) in [6, 6.07) is 59.5. The molecule has 232 valence electrons. The zero-order valence-corrected chi connectivity index (χ0v) is 28.0. The molecule has 0 aliphatic heterocycles. The lowest BCUT2D eigenvalue weighted by Gasteiger charge is -2.42. The van der Waals surface area contributed by atoms with E-state index in [1.165, 1.54) is 38.4 Å². The van der Waals surface area contributed by atoms with Crippen molar-refractivity contribution in [3.05, 3.63) is 175 Å². The van der Waals surface area contributed by atoms with Gasteiger partial charge < -0.3 is 9.80 Å². The van der Waals surface area contributed by atoms with Crippen LogP contribution in [-0.4, -0.2) is 0 Å². The predicted octanol–water partition coefficient (Wildman–Crippen LogP) is 12.8. The van der Waals surface area contributed by atoms with Crippen LogP contribution in [-0.2, 0) is 11.0 Å². The number of para-hydroxylation sites is 1. The average molecular weight is 611 g/mol. The second-order valence-corrected chi connectivity index (χ2v) is 13.9. The molecule has 2 nitrogen and oxygen atoms in total. The van der Waals surface area contributed by atoms with Gasteiger partial charge in [-0.1, -0.05) is 130 Å². The van der Waals surface area contributed by atoms with Crippen molar-refractivity contribution in [2.45, 2.75) is 45.6 Å². The van der Waals surface area contributed by atoms with Crippen molar-refractivity contribution in [3.63, 3.8) is 0 Å². The number of rotatable bonds is 7. The third-order valence-electron chi connectivity index (χ3n) is 9.40. The fourth-order valence-corrected chi connectivity index (χ4v) is 6.76. The fraction of sp³-hybridized carbons (Fsp3) is 0.156. The summed E-state index contributed by atoms with van der Waals surface area (Å²) in [6.45, 7) is 11.5. The lowest BCUT2D eigenvalue weighted by atomic mass is 9.83. The number of benzene rings is 7. The largest absolute Gasteiger partial charge is 0.331 e. The molecule has 0 aromatic heterocycles. The summed E-state index contributed by atoms with van der Waals surface area (Å²) < 4.78 is 0. The van der Waals surface area contributed by atoms with Gasteiger partial charge in [-0.25, -0.2) is 0 Å². The Morgan fingerprint density at radius 2 is 0.915 bits per heavy atom. The molecule has 0 N–H and O–H groups in total. The lowest BCUT2D eigenvalue weighted by molar-refractivity contribution is 0.534. The van der Waals surface area contributed by atoms with E-state index in [2.05, 4.69) is 208 Å². The van der Waals surface area contributed by atoms with E-state index in [4.69, 9.17) is 0 Å². The summed E-state index contributed by atoms with van der Waals surface area (Å²) >= 11 is 0. The maximum atomic E-state index is 2.51. The molecule has 7 aromatic rings. The standard InChI is InChI=1S/C45H42N2/c1-44(2,3)36-23-25-37(26-24-36)45(4,5)47(43-21-13-17-34-15-11-12-20-42(34)43)40-30-28-39(29-31-40)46(38-18-7-6-8-19-38)41-27-22-33-14-9-10-16-35(33)32-41/h6-32H,1-5H3. The zero-order chi connectivity index (χ0) is 32.6. The lowest BCUT2D eigenvalue weighted by Crippen LogP contribution is -2.38. The van der Waals surface area contributed by atoms with E-state index in [1.807, 2.05) is 0 Å². The van der Waals surface area contributed by atoms with E-state index < -0.39 is 0 Å². The van der Waals surface area contributed by atoms with Crippen LogP contribution < -0.4 is 9.80 Å². The van der Waals surface area contributed by atoms with Gasteiger partial charge in [-0.15, -0.1) is 0 Å². The molecular weight excluding hydrogens is 569 g/mol. The van der Waals surface area contributed by atoms with Gasteiger partial charge in [-0.05, 0) is 101 Å². The Labute approximate surface area is 279 Å². The van der Waals surface area contributed by atoms with Crippen molar-refractivity contribution in [1.82, 2.24) is 0 Å². The maximum Gasteiger partial charge on any atom is 0.0646 e. The van der Waals surface area contributed by atoms with Crippen LogP contribution in [0.3, 0.4) is 0 Å². The van der Waals surface area contributed by atoms with Gasteiger partial charge in [-0.2, -0.15) is 0 Å². The zero-order valence-electron chi connectivity index (χ0n) is 28.0. The van der Waals surface area contributed by atoms with E-state index >= 15 is 0 Å². The first-order chi connectivity index (χ1) is 22.7. The van der Waals surface area contributed by atoms with Gasteiger partial charge in [0.1, 0.15) is 0 Å². The Balaban J connectivity index is 1.36. The molecule has 0 saturated carbocycles. The van der Waals surface area contributed by atoms with Crippen LogP contribution in [0, 0.1) is 0 Å².